The lowest BCUT2D eigenvalue weighted by atomic mass is 9.84. The van der Waals surface area contributed by atoms with E-state index in [4.69, 9.17) is 0 Å². The Bertz CT molecular complexity index is 7500. The van der Waals surface area contributed by atoms with E-state index in [9.17, 15) is 0 Å². The van der Waals surface area contributed by atoms with Crippen LogP contribution in [0.15, 0.2) is 400 Å². The fraction of sp³-hybridized carbons (Fsp3) is 0.105. The summed E-state index contributed by atoms with van der Waals surface area (Å²) in [6.45, 7) is 13.0. The van der Waals surface area contributed by atoms with E-state index in [2.05, 4.69) is 465 Å². The van der Waals surface area contributed by atoms with Crippen LogP contribution in [0.4, 0.5) is 0 Å². The highest BCUT2D eigenvalue weighted by Crippen LogP contribution is 2.45. The Kier molecular flexibility index (Phi) is 21.2. The van der Waals surface area contributed by atoms with Gasteiger partial charge in [0, 0.05) is 102 Å². The molecule has 0 aliphatic heterocycles. The van der Waals surface area contributed by atoms with Gasteiger partial charge in [-0.15, -0.1) is 11.3 Å². The van der Waals surface area contributed by atoms with E-state index in [0.717, 1.165) is 5.92 Å². The van der Waals surface area contributed by atoms with Gasteiger partial charge in [0.2, 0.25) is 0 Å². The highest BCUT2D eigenvalue weighted by molar-refractivity contribution is 7.26. The Morgan fingerprint density at radius 2 is 0.542 bits per heavy atom. The van der Waals surface area contributed by atoms with Gasteiger partial charge in [0.15, 0.2) is 0 Å². The van der Waals surface area contributed by atoms with Crippen molar-refractivity contribution in [2.75, 3.05) is 0 Å². The summed E-state index contributed by atoms with van der Waals surface area (Å²) in [5, 5.41) is 16.1. The lowest BCUT2D eigenvalue weighted by Gasteiger charge is -2.22. The Hall–Kier alpha value is -14.0. The summed E-state index contributed by atoms with van der Waals surface area (Å²) in [5.41, 5.74) is 28.3. The van der Waals surface area contributed by atoms with Crippen molar-refractivity contribution in [1.82, 2.24) is 22.8 Å². The maximum atomic E-state index is 2.38. The molecule has 6 heterocycles. The number of hydrogen-bond donors (Lipinski definition) is 0. The molecule has 6 heteroatoms. The summed E-state index contributed by atoms with van der Waals surface area (Å²) in [7, 11) is 0. The van der Waals surface area contributed by atoms with Crippen LogP contribution in [-0.2, 0) is 0 Å². The monoisotopic (exact) mass is 1570 g/mol. The van der Waals surface area contributed by atoms with Gasteiger partial charge < -0.3 is 22.8 Å². The number of hydrogen-bond acceptors (Lipinski definition) is 1. The van der Waals surface area contributed by atoms with Crippen molar-refractivity contribution in [3.05, 3.63) is 439 Å². The zero-order chi connectivity index (χ0) is 81.2. The first-order valence-corrected chi connectivity index (χ1v) is 43.1. The molecule has 24 rings (SSSR count). The van der Waals surface area contributed by atoms with E-state index in [1.807, 2.05) is 11.3 Å². The van der Waals surface area contributed by atoms with Crippen LogP contribution in [-0.4, -0.2) is 22.8 Å². The molecule has 120 heavy (non-hydrogen) atoms. The molecule has 17 aromatic carbocycles. The van der Waals surface area contributed by atoms with Crippen LogP contribution in [0.1, 0.15) is 77.0 Å². The Morgan fingerprint density at radius 3 is 1.07 bits per heavy atom. The third-order valence-corrected chi connectivity index (χ3v) is 25.6. The molecule has 0 radical (unpaired) electrons. The van der Waals surface area contributed by atoms with Gasteiger partial charge >= 0.3 is 0 Å². The van der Waals surface area contributed by atoms with E-state index in [0.29, 0.717) is 0 Å². The molecular weight excluding hydrogens is 1470 g/mol. The van der Waals surface area contributed by atoms with Gasteiger partial charge in [-0.2, -0.15) is 0 Å². The zero-order valence-corrected chi connectivity index (χ0v) is 69.7. The first-order chi connectivity index (χ1) is 59.1. The molecule has 0 N–H and O–H groups in total. The molecule has 1 fully saturated rings. The Balaban J connectivity index is 0.0000000952. The molecule has 1 aliphatic rings. The molecule has 0 atom stereocenters. The van der Waals surface area contributed by atoms with Gasteiger partial charge in [0.25, 0.3) is 0 Å². The second-order valence-electron chi connectivity index (χ2n) is 32.1. The molecule has 5 nitrogen and oxygen atoms in total. The topological polar surface area (TPSA) is 24.6 Å². The molecule has 6 aromatic heterocycles. The number of aromatic nitrogens is 5. The third kappa shape index (κ3) is 14.5. The minimum atomic E-state index is 0.792. The van der Waals surface area contributed by atoms with Crippen LogP contribution in [0, 0.1) is 41.5 Å². The van der Waals surface area contributed by atoms with Gasteiger partial charge in [-0.3, -0.25) is 0 Å². The molecule has 0 spiro atoms. The summed E-state index contributed by atoms with van der Waals surface area (Å²) in [6.07, 6.45) is 7.01. The predicted molar refractivity (Wildman–Crippen MR) is 517 cm³/mol. The lowest BCUT2D eigenvalue weighted by molar-refractivity contribution is 0.446. The predicted octanol–water partition coefficient (Wildman–Crippen LogP) is 31.9. The fourth-order valence-electron chi connectivity index (χ4n) is 18.6. The van der Waals surface area contributed by atoms with Crippen LogP contribution < -0.4 is 0 Å². The standard InChI is InChI=1S/5C19H15N.C19H20S/c1-14-10-12-15(13-11-14)20-18-8-4-2-6-16(18)17-7-3-5-9-19(17)20;1-14-8-7-12-17-16-11-5-6-13-18(16)20(19(14)17)15-9-3-2-4-10-15;1-14-8-7-13-18-19(14)16-11-5-6-12-17(16)20(18)15-9-3-2-4-10-15;1-14-11-12-19-17(13-14)16-9-5-6-10-18(16)20(19)15-7-3-2-4-8-15;1-14-11-12-17-16-9-5-6-10-18(16)20(19(17)13-14)15-7-3-2-4-8-15;1-13-7-5-11-16-17-12-6-10-15(19(17)20-18(13)16)14-8-3-2-4-9-14/h5*2-13H,1H3;5-7,10-12,14H,2-4,8-9H2,1H3. The maximum absolute atomic E-state index is 2.38. The number of thiophene rings is 1. The number of aryl methyl sites for hydroxylation is 6. The van der Waals surface area contributed by atoms with E-state index in [1.165, 1.54) is 218 Å². The largest absolute Gasteiger partial charge is 0.309 e. The normalized spacial score (nSPS) is 12.2. The van der Waals surface area contributed by atoms with Crippen molar-refractivity contribution >= 4 is 141 Å². The van der Waals surface area contributed by atoms with Crippen molar-refractivity contribution in [1.29, 1.82) is 0 Å². The second kappa shape index (κ2) is 33.5. The summed E-state index contributed by atoms with van der Waals surface area (Å²) in [4.78, 5) is 0. The van der Waals surface area contributed by atoms with Crippen molar-refractivity contribution in [2.45, 2.75) is 79.6 Å². The second-order valence-corrected chi connectivity index (χ2v) is 33.1. The molecular formula is C114H95N5S. The van der Waals surface area contributed by atoms with Crippen molar-refractivity contribution in [3.63, 3.8) is 0 Å². The molecule has 0 amide bonds. The summed E-state index contributed by atoms with van der Waals surface area (Å²) >= 11 is 2.01. The maximum Gasteiger partial charge on any atom is 0.0570 e. The van der Waals surface area contributed by atoms with Gasteiger partial charge in [-0.25, -0.2) is 0 Å². The van der Waals surface area contributed by atoms with Crippen LogP contribution >= 0.6 is 11.3 Å². The quantitative estimate of drug-likeness (QED) is 0.159. The molecule has 0 saturated heterocycles. The van der Waals surface area contributed by atoms with Gasteiger partial charge in [-0.1, -0.05) is 309 Å². The fourth-order valence-corrected chi connectivity index (χ4v) is 19.9. The average Bonchev–Trinajstić information content (AvgIpc) is 1.61. The number of para-hydroxylation sites is 11. The highest BCUT2D eigenvalue weighted by atomic mass is 32.1. The van der Waals surface area contributed by atoms with E-state index in [-0.39, 0.29) is 0 Å². The minimum Gasteiger partial charge on any atom is -0.309 e. The lowest BCUT2D eigenvalue weighted by Crippen LogP contribution is -2.04. The smallest absolute Gasteiger partial charge is 0.0570 e. The Morgan fingerprint density at radius 1 is 0.208 bits per heavy atom. The highest BCUT2D eigenvalue weighted by Gasteiger charge is 2.22. The van der Waals surface area contributed by atoms with Crippen LogP contribution in [0.25, 0.3) is 158 Å². The molecule has 1 aliphatic carbocycles. The SMILES string of the molecule is Cc1ccc(-n2c3ccccc3c3ccccc32)cc1.Cc1ccc2c(c1)c1ccccc1n2-c1ccccc1.Cc1ccc2c3ccccc3n(-c3ccccc3)c2c1.Cc1cccc2c1c1ccccc1n2-c1ccccc1.Cc1cccc2c1sc1c(C3CCCCC3)cccc12.Cc1cccc2c3ccccc3n(-c3ccccc3)c12. The summed E-state index contributed by atoms with van der Waals surface area (Å²) in [6, 6.07) is 143. The minimum absolute atomic E-state index is 0.792. The molecule has 0 bridgehead atoms. The molecule has 1 saturated carbocycles. The third-order valence-electron chi connectivity index (χ3n) is 24.2. The van der Waals surface area contributed by atoms with E-state index in [1.54, 1.807) is 10.3 Å². The zero-order valence-electron chi connectivity index (χ0n) is 68.9. The Labute approximate surface area is 705 Å². The summed E-state index contributed by atoms with van der Waals surface area (Å²) < 4.78 is 14.7. The molecule has 0 unspecified atom stereocenters. The summed E-state index contributed by atoms with van der Waals surface area (Å²) in [5.74, 6) is 0.792. The van der Waals surface area contributed by atoms with Gasteiger partial charge in [0.1, 0.15) is 0 Å². The van der Waals surface area contributed by atoms with E-state index >= 15 is 0 Å². The number of fused-ring (bicyclic) bond motifs is 18. The number of nitrogens with zero attached hydrogens (tertiary/aromatic N) is 5. The first-order valence-electron chi connectivity index (χ1n) is 42.2. The number of benzene rings is 17. The average molecular weight is 1570 g/mol. The van der Waals surface area contributed by atoms with Gasteiger partial charge in [0.05, 0.1) is 55.2 Å². The van der Waals surface area contributed by atoms with Crippen molar-refractivity contribution in [3.8, 4) is 28.4 Å². The van der Waals surface area contributed by atoms with Crippen LogP contribution in [0.3, 0.4) is 0 Å². The van der Waals surface area contributed by atoms with E-state index < -0.39 is 0 Å². The van der Waals surface area contributed by atoms with Crippen LogP contribution in [0.2, 0.25) is 0 Å². The van der Waals surface area contributed by atoms with Crippen molar-refractivity contribution in [2.24, 2.45) is 0 Å². The molecule has 23 aromatic rings. The van der Waals surface area contributed by atoms with Crippen LogP contribution in [0.5, 0.6) is 0 Å². The molecule has 582 valence electrons. The van der Waals surface area contributed by atoms with Gasteiger partial charge in [-0.05, 0) is 209 Å². The van der Waals surface area contributed by atoms with Crippen molar-refractivity contribution < 1.29 is 0 Å². The first kappa shape index (κ1) is 76.0. The number of rotatable bonds is 6.